The summed E-state index contributed by atoms with van der Waals surface area (Å²) >= 11 is 0. The molecular formula is C15H20F2N2O3. The van der Waals surface area contributed by atoms with Gasteiger partial charge in [0.2, 0.25) is 0 Å². The van der Waals surface area contributed by atoms with E-state index in [1.165, 1.54) is 12.1 Å². The van der Waals surface area contributed by atoms with E-state index in [1.807, 2.05) is 20.8 Å². The van der Waals surface area contributed by atoms with Gasteiger partial charge >= 0.3 is 12.6 Å². The van der Waals surface area contributed by atoms with Gasteiger partial charge in [0, 0.05) is 18.3 Å². The molecule has 1 N–H and O–H groups in total. The summed E-state index contributed by atoms with van der Waals surface area (Å²) in [4.78, 5) is 14.0. The summed E-state index contributed by atoms with van der Waals surface area (Å²) in [6.45, 7) is 3.80. The van der Waals surface area contributed by atoms with Crippen LogP contribution in [0.1, 0.15) is 20.8 Å². The Morgan fingerprint density at radius 2 is 2.23 bits per heavy atom. The zero-order chi connectivity index (χ0) is 16.3. The van der Waals surface area contributed by atoms with E-state index < -0.39 is 12.2 Å². The standard InChI is InChI=1S/C15H20F2N2O3/c1-10-15(2,3)21-8-7-19(10)14(20)18-11-5-4-6-12(9-11)22-13(16)17/h4-6,9-10,13H,7-8H2,1-3H3,(H,18,20)/t10-/m1/s1. The number of hydrogen-bond acceptors (Lipinski definition) is 3. The van der Waals surface area contributed by atoms with Crippen LogP contribution in [0.3, 0.4) is 0 Å². The Morgan fingerprint density at radius 3 is 2.91 bits per heavy atom. The minimum atomic E-state index is -2.90. The normalized spacial score (nSPS) is 20.8. The number of amides is 2. The van der Waals surface area contributed by atoms with Gasteiger partial charge in [-0.3, -0.25) is 0 Å². The maximum absolute atomic E-state index is 12.4. The average molecular weight is 314 g/mol. The minimum Gasteiger partial charge on any atom is -0.435 e. The summed E-state index contributed by atoms with van der Waals surface area (Å²) in [7, 11) is 0. The smallest absolute Gasteiger partial charge is 0.387 e. The number of rotatable bonds is 3. The van der Waals surface area contributed by atoms with E-state index in [2.05, 4.69) is 10.1 Å². The van der Waals surface area contributed by atoms with Crippen LogP contribution in [0, 0.1) is 0 Å². The highest BCUT2D eigenvalue weighted by molar-refractivity contribution is 5.89. The molecule has 1 aliphatic heterocycles. The van der Waals surface area contributed by atoms with E-state index in [1.54, 1.807) is 17.0 Å². The summed E-state index contributed by atoms with van der Waals surface area (Å²) in [6, 6.07) is 5.52. The lowest BCUT2D eigenvalue weighted by Gasteiger charge is -2.44. The molecule has 0 bridgehead atoms. The van der Waals surface area contributed by atoms with Gasteiger partial charge in [0.25, 0.3) is 0 Å². The predicted molar refractivity (Wildman–Crippen MR) is 78.3 cm³/mol. The maximum Gasteiger partial charge on any atom is 0.387 e. The van der Waals surface area contributed by atoms with Crippen LogP contribution in [0.5, 0.6) is 5.75 Å². The van der Waals surface area contributed by atoms with Crippen molar-refractivity contribution >= 4 is 11.7 Å². The minimum absolute atomic E-state index is 0.00292. The second-order valence-electron chi connectivity index (χ2n) is 5.66. The fourth-order valence-corrected chi connectivity index (χ4v) is 2.32. The first-order valence-electron chi connectivity index (χ1n) is 7.06. The Bertz CT molecular complexity index is 537. The van der Waals surface area contributed by atoms with Crippen LogP contribution in [0.2, 0.25) is 0 Å². The number of urea groups is 1. The van der Waals surface area contributed by atoms with Crippen molar-refractivity contribution in [3.63, 3.8) is 0 Å². The molecule has 7 heteroatoms. The third-order valence-electron chi connectivity index (χ3n) is 3.85. The van der Waals surface area contributed by atoms with Crippen molar-refractivity contribution in [3.05, 3.63) is 24.3 Å². The predicted octanol–water partition coefficient (Wildman–Crippen LogP) is 3.32. The first-order valence-corrected chi connectivity index (χ1v) is 7.06. The highest BCUT2D eigenvalue weighted by Gasteiger charge is 2.37. The molecule has 5 nitrogen and oxygen atoms in total. The van der Waals surface area contributed by atoms with Crippen LogP contribution in [0.15, 0.2) is 24.3 Å². The molecule has 0 saturated carbocycles. The number of nitrogens with zero attached hydrogens (tertiary/aromatic N) is 1. The van der Waals surface area contributed by atoms with Crippen LogP contribution in [-0.4, -0.2) is 42.3 Å². The van der Waals surface area contributed by atoms with Crippen LogP contribution in [-0.2, 0) is 4.74 Å². The van der Waals surface area contributed by atoms with Gasteiger partial charge in [-0.25, -0.2) is 4.79 Å². The molecule has 1 heterocycles. The van der Waals surface area contributed by atoms with Crippen LogP contribution >= 0.6 is 0 Å². The number of benzene rings is 1. The third-order valence-corrected chi connectivity index (χ3v) is 3.85. The molecular weight excluding hydrogens is 294 g/mol. The molecule has 1 fully saturated rings. The molecule has 0 aromatic heterocycles. The molecule has 2 rings (SSSR count). The van der Waals surface area contributed by atoms with E-state index in [0.717, 1.165) is 0 Å². The van der Waals surface area contributed by atoms with Crippen molar-refractivity contribution < 1.29 is 23.0 Å². The second-order valence-corrected chi connectivity index (χ2v) is 5.66. The topological polar surface area (TPSA) is 50.8 Å². The number of anilines is 1. The molecule has 0 spiro atoms. The number of carbonyl (C=O) groups is 1. The van der Waals surface area contributed by atoms with Gasteiger partial charge in [-0.05, 0) is 32.9 Å². The first-order chi connectivity index (χ1) is 10.3. The molecule has 1 aliphatic rings. The van der Waals surface area contributed by atoms with Gasteiger partial charge in [0.1, 0.15) is 5.75 Å². The largest absolute Gasteiger partial charge is 0.435 e. The van der Waals surface area contributed by atoms with E-state index in [4.69, 9.17) is 4.74 Å². The number of nitrogens with one attached hydrogen (secondary N) is 1. The number of hydrogen-bond donors (Lipinski definition) is 1. The molecule has 0 unspecified atom stereocenters. The van der Waals surface area contributed by atoms with Crippen molar-refractivity contribution in [1.29, 1.82) is 0 Å². The van der Waals surface area contributed by atoms with Crippen molar-refractivity contribution in [3.8, 4) is 5.75 Å². The van der Waals surface area contributed by atoms with Crippen molar-refractivity contribution in [2.75, 3.05) is 18.5 Å². The fourth-order valence-electron chi connectivity index (χ4n) is 2.32. The molecule has 1 aromatic rings. The lowest BCUT2D eigenvalue weighted by Crippen LogP contribution is -2.58. The summed E-state index contributed by atoms with van der Waals surface area (Å²) in [5, 5.41) is 2.70. The Kier molecular flexibility index (Phi) is 4.85. The number of alkyl halides is 2. The van der Waals surface area contributed by atoms with E-state index in [9.17, 15) is 13.6 Å². The highest BCUT2D eigenvalue weighted by atomic mass is 19.3. The van der Waals surface area contributed by atoms with Crippen molar-refractivity contribution in [2.45, 2.75) is 39.0 Å². The SMILES string of the molecule is C[C@H]1N(C(=O)Nc2cccc(OC(F)F)c2)CCOC1(C)C. The van der Waals surface area contributed by atoms with Crippen LogP contribution < -0.4 is 10.1 Å². The van der Waals surface area contributed by atoms with E-state index >= 15 is 0 Å². The lowest BCUT2D eigenvalue weighted by atomic mass is 9.97. The van der Waals surface area contributed by atoms with Crippen LogP contribution in [0.25, 0.3) is 0 Å². The van der Waals surface area contributed by atoms with E-state index in [0.29, 0.717) is 18.8 Å². The number of morpholine rings is 1. The Labute approximate surface area is 128 Å². The van der Waals surface area contributed by atoms with Crippen LogP contribution in [0.4, 0.5) is 19.3 Å². The molecule has 1 saturated heterocycles. The average Bonchev–Trinajstić information content (AvgIpc) is 2.41. The Balaban J connectivity index is 2.05. The van der Waals surface area contributed by atoms with Gasteiger partial charge in [-0.1, -0.05) is 6.07 Å². The van der Waals surface area contributed by atoms with Gasteiger partial charge in [-0.2, -0.15) is 8.78 Å². The number of carbonyl (C=O) groups excluding carboxylic acids is 1. The molecule has 0 radical (unpaired) electrons. The fraction of sp³-hybridized carbons (Fsp3) is 0.533. The number of ether oxygens (including phenoxy) is 2. The molecule has 1 atom stereocenters. The molecule has 2 amide bonds. The summed E-state index contributed by atoms with van der Waals surface area (Å²) in [6.07, 6.45) is 0. The second kappa shape index (κ2) is 6.48. The van der Waals surface area contributed by atoms with Crippen molar-refractivity contribution in [2.24, 2.45) is 0 Å². The maximum atomic E-state index is 12.4. The van der Waals surface area contributed by atoms with Crippen molar-refractivity contribution in [1.82, 2.24) is 4.90 Å². The summed E-state index contributed by atoms with van der Waals surface area (Å²) in [5.41, 5.74) is -0.0318. The van der Waals surface area contributed by atoms with E-state index in [-0.39, 0.29) is 17.8 Å². The number of halogens is 2. The Hall–Kier alpha value is -1.89. The summed E-state index contributed by atoms with van der Waals surface area (Å²) in [5.74, 6) is 0.00292. The quantitative estimate of drug-likeness (QED) is 0.931. The highest BCUT2D eigenvalue weighted by Crippen LogP contribution is 2.25. The Morgan fingerprint density at radius 1 is 1.50 bits per heavy atom. The molecule has 0 aliphatic carbocycles. The van der Waals surface area contributed by atoms with Gasteiger partial charge in [0.15, 0.2) is 0 Å². The third kappa shape index (κ3) is 3.85. The molecule has 22 heavy (non-hydrogen) atoms. The summed E-state index contributed by atoms with van der Waals surface area (Å²) < 4.78 is 34.4. The van der Waals surface area contributed by atoms with Gasteiger partial charge in [-0.15, -0.1) is 0 Å². The van der Waals surface area contributed by atoms with Gasteiger partial charge < -0.3 is 19.7 Å². The zero-order valence-electron chi connectivity index (χ0n) is 12.8. The first kappa shape index (κ1) is 16.5. The monoisotopic (exact) mass is 314 g/mol. The van der Waals surface area contributed by atoms with Gasteiger partial charge in [0.05, 0.1) is 18.2 Å². The lowest BCUT2D eigenvalue weighted by molar-refractivity contribution is -0.105. The molecule has 1 aromatic carbocycles. The zero-order valence-corrected chi connectivity index (χ0v) is 12.8. The molecule has 122 valence electrons.